The van der Waals surface area contributed by atoms with E-state index >= 15 is 0 Å². The van der Waals surface area contributed by atoms with Crippen LogP contribution in [0.3, 0.4) is 0 Å². The maximum Gasteiger partial charge on any atom is 0.417 e. The molecule has 0 radical (unpaired) electrons. The Morgan fingerprint density at radius 3 is 2.53 bits per heavy atom. The van der Waals surface area contributed by atoms with Crippen LogP contribution >= 0.6 is 0 Å². The van der Waals surface area contributed by atoms with E-state index in [-0.39, 0.29) is 5.69 Å². The van der Waals surface area contributed by atoms with Gasteiger partial charge in [-0.05, 0) is 6.07 Å². The van der Waals surface area contributed by atoms with Gasteiger partial charge in [0.05, 0.1) is 17.0 Å². The van der Waals surface area contributed by atoms with Crippen LogP contribution in [0.25, 0.3) is 11.4 Å². The Balaban J connectivity index is 2.68. The van der Waals surface area contributed by atoms with Crippen LogP contribution in [0.5, 0.6) is 0 Å². The van der Waals surface area contributed by atoms with Crippen molar-refractivity contribution in [2.45, 2.75) is 6.18 Å². The van der Waals surface area contributed by atoms with E-state index in [1.54, 1.807) is 0 Å². The first kappa shape index (κ1) is 9.95. The second-order valence-electron chi connectivity index (χ2n) is 3.19. The van der Waals surface area contributed by atoms with Gasteiger partial charge >= 0.3 is 6.18 Å². The summed E-state index contributed by atoms with van der Waals surface area (Å²) in [5, 5.41) is 0. The van der Waals surface area contributed by atoms with Crippen LogP contribution < -0.4 is 0 Å². The number of halogens is 4. The van der Waals surface area contributed by atoms with Crippen LogP contribution in [0, 0.1) is 5.95 Å². The minimum absolute atomic E-state index is 0.00447. The molecule has 0 atom stereocenters. The molecular formula is C9H6F4N2. The molecule has 2 aliphatic heterocycles. The molecule has 6 heteroatoms. The molecule has 0 aromatic heterocycles. The predicted octanol–water partition coefficient (Wildman–Crippen LogP) is 2.68. The lowest BCUT2D eigenvalue weighted by Crippen LogP contribution is -2.09. The van der Waals surface area contributed by atoms with Gasteiger partial charge in [-0.1, -0.05) is 0 Å². The summed E-state index contributed by atoms with van der Waals surface area (Å²) in [6.07, 6.45) is -3.54. The Morgan fingerprint density at radius 2 is 1.93 bits per heavy atom. The molecule has 2 rings (SSSR count). The average Bonchev–Trinajstić information content (AvgIpc) is 2.44. The molecule has 0 fully saturated rings. The third kappa shape index (κ3) is 1.67. The number of fused-ring (bicyclic) bond motifs is 1. The number of aryl methyl sites for hydroxylation is 1. The molecule has 15 heavy (non-hydrogen) atoms. The molecule has 0 unspecified atom stereocenters. The monoisotopic (exact) mass is 218 g/mol. The first-order valence-corrected chi connectivity index (χ1v) is 4.08. The van der Waals surface area contributed by atoms with E-state index in [0.717, 1.165) is 18.3 Å². The first-order chi connectivity index (χ1) is 6.88. The molecule has 0 N–H and O–H groups in total. The normalized spacial score (nSPS) is 12.3. The Labute approximate surface area is 82.5 Å². The number of hydrogen-bond donors (Lipinski definition) is 0. The van der Waals surface area contributed by atoms with Gasteiger partial charge in [0.25, 0.3) is 0 Å². The van der Waals surface area contributed by atoms with E-state index in [1.807, 2.05) is 0 Å². The van der Waals surface area contributed by atoms with E-state index in [4.69, 9.17) is 0 Å². The van der Waals surface area contributed by atoms with Gasteiger partial charge in [0.1, 0.15) is 0 Å². The summed E-state index contributed by atoms with van der Waals surface area (Å²) in [5.41, 5.74) is -0.499. The van der Waals surface area contributed by atoms with Crippen LogP contribution in [-0.2, 0) is 13.2 Å². The molecular weight excluding hydrogens is 212 g/mol. The molecule has 2 nitrogen and oxygen atoms in total. The number of pyridine rings is 1. The van der Waals surface area contributed by atoms with Crippen molar-refractivity contribution in [3.8, 4) is 11.4 Å². The van der Waals surface area contributed by atoms with Gasteiger partial charge in [0.15, 0.2) is 0 Å². The molecule has 2 heterocycles. The van der Waals surface area contributed by atoms with Crippen molar-refractivity contribution < 1.29 is 17.6 Å². The summed E-state index contributed by atoms with van der Waals surface area (Å²) >= 11 is 0. The summed E-state index contributed by atoms with van der Waals surface area (Å²) in [4.78, 5) is 3.36. The Morgan fingerprint density at radius 1 is 1.27 bits per heavy atom. The van der Waals surface area contributed by atoms with Crippen LogP contribution in [0.1, 0.15) is 5.56 Å². The lowest BCUT2D eigenvalue weighted by Gasteiger charge is -2.12. The van der Waals surface area contributed by atoms with Gasteiger partial charge in [0.2, 0.25) is 5.95 Å². The molecule has 0 aromatic carbocycles. The number of hydrogen-bond acceptors (Lipinski definition) is 1. The van der Waals surface area contributed by atoms with Gasteiger partial charge in [-0.2, -0.15) is 17.6 Å². The summed E-state index contributed by atoms with van der Waals surface area (Å²) in [6.45, 7) is 0. The second kappa shape index (κ2) is 2.95. The van der Waals surface area contributed by atoms with Crippen molar-refractivity contribution in [3.63, 3.8) is 0 Å². The molecule has 0 amide bonds. The molecule has 0 spiro atoms. The zero-order chi connectivity index (χ0) is 11.2. The van der Waals surface area contributed by atoms with Gasteiger partial charge in [-0.25, -0.2) is 4.98 Å². The number of aromatic nitrogens is 2. The minimum Gasteiger partial charge on any atom is -0.349 e. The molecule has 0 bridgehead atoms. The van der Waals surface area contributed by atoms with Gasteiger partial charge in [-0.15, -0.1) is 0 Å². The highest BCUT2D eigenvalue weighted by molar-refractivity contribution is 5.58. The lowest BCUT2D eigenvalue weighted by atomic mass is 10.2. The zero-order valence-electron chi connectivity index (χ0n) is 7.64. The molecule has 2 aliphatic rings. The first-order valence-electron chi connectivity index (χ1n) is 4.08. The maximum absolute atomic E-state index is 12.7. The Bertz CT molecular complexity index is 472. The standard InChI is InChI=1S/C9H6F4N2/c1-15-4-5(9(11,12)13)2-6-7(15)3-8(10)14-6/h2-4H,1H3. The highest BCUT2D eigenvalue weighted by Crippen LogP contribution is 2.33. The van der Waals surface area contributed by atoms with Crippen LogP contribution in [-0.4, -0.2) is 9.55 Å². The van der Waals surface area contributed by atoms with Crippen LogP contribution in [0.2, 0.25) is 0 Å². The van der Waals surface area contributed by atoms with Crippen molar-refractivity contribution in [3.05, 3.63) is 29.8 Å². The summed E-state index contributed by atoms with van der Waals surface area (Å²) in [6, 6.07) is 1.92. The van der Waals surface area contributed by atoms with Crippen molar-refractivity contribution in [1.29, 1.82) is 0 Å². The van der Waals surface area contributed by atoms with Crippen LogP contribution in [0.4, 0.5) is 17.6 Å². The maximum atomic E-state index is 12.7. The Hall–Kier alpha value is -1.59. The fraction of sp³-hybridized carbons (Fsp3) is 0.222. The predicted molar refractivity (Wildman–Crippen MR) is 44.8 cm³/mol. The SMILES string of the molecule is Cn1cc(C(F)(F)F)cc2nc(F)cc1-2. The third-order valence-electron chi connectivity index (χ3n) is 2.08. The second-order valence-corrected chi connectivity index (χ2v) is 3.19. The molecule has 0 saturated heterocycles. The molecule has 0 aromatic rings. The molecule has 0 aliphatic carbocycles. The molecule has 80 valence electrons. The lowest BCUT2D eigenvalue weighted by molar-refractivity contribution is -0.138. The minimum atomic E-state index is -4.44. The number of nitrogens with zero attached hydrogens (tertiary/aromatic N) is 2. The van der Waals surface area contributed by atoms with Crippen LogP contribution in [0.15, 0.2) is 18.3 Å². The topological polar surface area (TPSA) is 17.8 Å². The highest BCUT2D eigenvalue weighted by Gasteiger charge is 2.32. The molecule has 0 saturated carbocycles. The fourth-order valence-corrected chi connectivity index (χ4v) is 1.40. The smallest absolute Gasteiger partial charge is 0.349 e. The van der Waals surface area contributed by atoms with E-state index < -0.39 is 17.7 Å². The Kier molecular flexibility index (Phi) is 1.95. The summed E-state index contributed by atoms with van der Waals surface area (Å²) in [5.74, 6) is -0.778. The van der Waals surface area contributed by atoms with E-state index in [0.29, 0.717) is 5.69 Å². The van der Waals surface area contributed by atoms with Crippen molar-refractivity contribution >= 4 is 0 Å². The summed E-state index contributed by atoms with van der Waals surface area (Å²) in [7, 11) is 1.42. The number of alkyl halides is 3. The van der Waals surface area contributed by atoms with Crippen molar-refractivity contribution in [2.75, 3.05) is 0 Å². The van der Waals surface area contributed by atoms with E-state index in [9.17, 15) is 17.6 Å². The third-order valence-corrected chi connectivity index (χ3v) is 2.08. The van der Waals surface area contributed by atoms with Crippen molar-refractivity contribution in [2.24, 2.45) is 7.05 Å². The van der Waals surface area contributed by atoms with E-state index in [1.165, 1.54) is 11.6 Å². The van der Waals surface area contributed by atoms with Gasteiger partial charge in [0, 0.05) is 19.3 Å². The highest BCUT2D eigenvalue weighted by atomic mass is 19.4. The zero-order valence-corrected chi connectivity index (χ0v) is 7.64. The van der Waals surface area contributed by atoms with E-state index in [2.05, 4.69) is 4.98 Å². The quantitative estimate of drug-likeness (QED) is 0.621. The average molecular weight is 218 g/mol. The van der Waals surface area contributed by atoms with Gasteiger partial charge in [-0.3, -0.25) is 0 Å². The van der Waals surface area contributed by atoms with Crippen molar-refractivity contribution in [1.82, 2.24) is 9.55 Å². The summed E-state index contributed by atoms with van der Waals surface area (Å²) < 4.78 is 51.0. The fourth-order valence-electron chi connectivity index (χ4n) is 1.40. The van der Waals surface area contributed by atoms with Gasteiger partial charge < -0.3 is 4.57 Å². The largest absolute Gasteiger partial charge is 0.417 e. The number of rotatable bonds is 0.